The predicted molar refractivity (Wildman–Crippen MR) is 84.6 cm³/mol. The Morgan fingerprint density at radius 2 is 1.86 bits per heavy atom. The fourth-order valence-corrected chi connectivity index (χ4v) is 2.50. The van der Waals surface area contributed by atoms with Crippen molar-refractivity contribution in [3.63, 3.8) is 0 Å². The molecule has 0 aliphatic heterocycles. The van der Waals surface area contributed by atoms with Gasteiger partial charge < -0.3 is 14.8 Å². The Labute approximate surface area is 129 Å². The molecule has 1 heterocycles. The Morgan fingerprint density at radius 3 is 2.38 bits per heavy atom. The molecule has 0 fully saturated rings. The van der Waals surface area contributed by atoms with Gasteiger partial charge in [0.25, 0.3) is 0 Å². The number of nitrogens with one attached hydrogen (secondary N) is 1. The molecule has 0 saturated carbocycles. The first-order chi connectivity index (χ1) is 9.97. The van der Waals surface area contributed by atoms with Gasteiger partial charge in [0.2, 0.25) is 0 Å². The Morgan fingerprint density at radius 1 is 1.19 bits per heavy atom. The summed E-state index contributed by atoms with van der Waals surface area (Å²) in [6.07, 6.45) is 0. The average molecular weight is 310 g/mol. The van der Waals surface area contributed by atoms with Crippen LogP contribution in [-0.4, -0.2) is 24.0 Å². The van der Waals surface area contributed by atoms with Gasteiger partial charge in [0.1, 0.15) is 11.5 Å². The highest BCUT2D eigenvalue weighted by atomic mass is 35.5. The molecule has 0 amide bonds. The summed E-state index contributed by atoms with van der Waals surface area (Å²) in [4.78, 5) is 0. The molecule has 0 radical (unpaired) electrons. The van der Waals surface area contributed by atoms with E-state index in [1.54, 1.807) is 26.4 Å². The van der Waals surface area contributed by atoms with Crippen LogP contribution in [0.4, 0.5) is 5.69 Å². The smallest absolute Gasteiger partial charge is 0.145 e. The second-order valence-corrected chi connectivity index (χ2v) is 5.22. The Balaban J connectivity index is 2.25. The average Bonchev–Trinajstić information content (AvgIpc) is 2.70. The van der Waals surface area contributed by atoms with E-state index in [1.165, 1.54) is 5.56 Å². The number of hydrogen-bond donors (Lipinski definition) is 1. The van der Waals surface area contributed by atoms with Crippen LogP contribution in [0.25, 0.3) is 0 Å². The van der Waals surface area contributed by atoms with Crippen LogP contribution in [0.2, 0.25) is 5.02 Å². The summed E-state index contributed by atoms with van der Waals surface area (Å²) in [7, 11) is 5.14. The van der Waals surface area contributed by atoms with E-state index in [4.69, 9.17) is 21.1 Å². The standard InChI is InChI=1S/C15H20ClN3O2/c1-9-11(10(2)19(3)18-9)8-17-13-6-12(16)14(20-4)7-15(13)21-5/h6-7,17H,8H2,1-5H3. The number of ether oxygens (including phenoxy) is 2. The van der Waals surface area contributed by atoms with E-state index in [-0.39, 0.29) is 0 Å². The second kappa shape index (κ2) is 6.26. The lowest BCUT2D eigenvalue weighted by molar-refractivity contribution is 0.395. The fourth-order valence-electron chi connectivity index (χ4n) is 2.26. The summed E-state index contributed by atoms with van der Waals surface area (Å²) in [6.45, 7) is 4.71. The maximum atomic E-state index is 6.17. The van der Waals surface area contributed by atoms with E-state index in [0.717, 1.165) is 17.1 Å². The van der Waals surface area contributed by atoms with Crippen molar-refractivity contribution in [1.82, 2.24) is 9.78 Å². The van der Waals surface area contributed by atoms with Crippen molar-refractivity contribution in [1.29, 1.82) is 0 Å². The van der Waals surface area contributed by atoms with Gasteiger partial charge in [-0.25, -0.2) is 0 Å². The first kappa shape index (κ1) is 15.5. The zero-order valence-electron chi connectivity index (χ0n) is 13.0. The van der Waals surface area contributed by atoms with Gasteiger partial charge in [-0.15, -0.1) is 0 Å². The fraction of sp³-hybridized carbons (Fsp3) is 0.400. The number of benzene rings is 1. The molecule has 0 unspecified atom stereocenters. The minimum Gasteiger partial charge on any atom is -0.495 e. The molecule has 2 rings (SSSR count). The van der Waals surface area contributed by atoms with Crippen LogP contribution in [-0.2, 0) is 13.6 Å². The van der Waals surface area contributed by atoms with Gasteiger partial charge in [0.15, 0.2) is 0 Å². The molecule has 0 aliphatic carbocycles. The number of hydrogen-bond acceptors (Lipinski definition) is 4. The van der Waals surface area contributed by atoms with E-state index in [1.807, 2.05) is 18.7 Å². The summed E-state index contributed by atoms with van der Waals surface area (Å²) in [5.41, 5.74) is 4.15. The number of halogens is 1. The minimum atomic E-state index is 0.542. The molecule has 1 aromatic carbocycles. The quantitative estimate of drug-likeness (QED) is 0.920. The van der Waals surface area contributed by atoms with Crippen molar-refractivity contribution in [2.75, 3.05) is 19.5 Å². The molecule has 0 spiro atoms. The first-order valence-corrected chi connectivity index (χ1v) is 7.00. The van der Waals surface area contributed by atoms with Gasteiger partial charge in [-0.1, -0.05) is 11.6 Å². The largest absolute Gasteiger partial charge is 0.495 e. The van der Waals surface area contributed by atoms with E-state index in [9.17, 15) is 0 Å². The van der Waals surface area contributed by atoms with Gasteiger partial charge in [0, 0.05) is 30.9 Å². The molecule has 5 nitrogen and oxygen atoms in total. The second-order valence-electron chi connectivity index (χ2n) is 4.81. The monoisotopic (exact) mass is 309 g/mol. The molecular weight excluding hydrogens is 290 g/mol. The highest BCUT2D eigenvalue weighted by Gasteiger charge is 2.12. The molecule has 21 heavy (non-hydrogen) atoms. The molecule has 0 atom stereocenters. The van der Waals surface area contributed by atoms with E-state index in [2.05, 4.69) is 17.3 Å². The third kappa shape index (κ3) is 3.08. The summed E-state index contributed by atoms with van der Waals surface area (Å²) < 4.78 is 12.4. The topological polar surface area (TPSA) is 48.3 Å². The van der Waals surface area contributed by atoms with Crippen molar-refractivity contribution < 1.29 is 9.47 Å². The first-order valence-electron chi connectivity index (χ1n) is 6.62. The number of nitrogens with zero attached hydrogens (tertiary/aromatic N) is 2. The summed E-state index contributed by atoms with van der Waals surface area (Å²) >= 11 is 6.17. The maximum absolute atomic E-state index is 6.17. The van der Waals surface area contributed by atoms with Gasteiger partial charge in [-0.2, -0.15) is 5.10 Å². The van der Waals surface area contributed by atoms with Crippen LogP contribution in [0, 0.1) is 13.8 Å². The van der Waals surface area contributed by atoms with Gasteiger partial charge in [-0.3, -0.25) is 4.68 Å². The highest BCUT2D eigenvalue weighted by molar-refractivity contribution is 6.32. The van der Waals surface area contributed by atoms with Gasteiger partial charge >= 0.3 is 0 Å². The Kier molecular flexibility index (Phi) is 4.63. The third-order valence-corrected chi connectivity index (χ3v) is 3.88. The lowest BCUT2D eigenvalue weighted by Crippen LogP contribution is -2.04. The summed E-state index contributed by atoms with van der Waals surface area (Å²) in [6, 6.07) is 3.58. The van der Waals surface area contributed by atoms with Crippen molar-refractivity contribution in [2.45, 2.75) is 20.4 Å². The number of methoxy groups -OCH3 is 2. The van der Waals surface area contributed by atoms with Crippen molar-refractivity contribution >= 4 is 17.3 Å². The molecule has 1 N–H and O–H groups in total. The molecule has 1 aromatic heterocycles. The van der Waals surface area contributed by atoms with Crippen LogP contribution in [0.5, 0.6) is 11.5 Å². The predicted octanol–water partition coefficient (Wildman–Crippen LogP) is 3.32. The molecular formula is C15H20ClN3O2. The number of aryl methyl sites for hydroxylation is 2. The van der Waals surface area contributed by atoms with Crippen molar-refractivity contribution in [3.8, 4) is 11.5 Å². The molecule has 6 heteroatoms. The van der Waals surface area contributed by atoms with Crippen LogP contribution in [0.3, 0.4) is 0 Å². The van der Waals surface area contributed by atoms with E-state index >= 15 is 0 Å². The Hall–Kier alpha value is -1.88. The lowest BCUT2D eigenvalue weighted by atomic mass is 10.2. The van der Waals surface area contributed by atoms with Crippen molar-refractivity contribution in [3.05, 3.63) is 34.1 Å². The van der Waals surface area contributed by atoms with Gasteiger partial charge in [-0.05, 0) is 19.9 Å². The molecule has 0 saturated heterocycles. The number of anilines is 1. The summed E-state index contributed by atoms with van der Waals surface area (Å²) in [5.74, 6) is 1.28. The van der Waals surface area contributed by atoms with E-state index in [0.29, 0.717) is 23.1 Å². The summed E-state index contributed by atoms with van der Waals surface area (Å²) in [5, 5.41) is 8.30. The minimum absolute atomic E-state index is 0.542. The zero-order valence-corrected chi connectivity index (χ0v) is 13.7. The third-order valence-electron chi connectivity index (χ3n) is 3.59. The SMILES string of the molecule is COc1cc(OC)c(NCc2c(C)nn(C)c2C)cc1Cl. The van der Waals surface area contributed by atoms with Crippen LogP contribution in [0.1, 0.15) is 17.0 Å². The number of aromatic nitrogens is 2. The molecule has 114 valence electrons. The van der Waals surface area contributed by atoms with E-state index < -0.39 is 0 Å². The lowest BCUT2D eigenvalue weighted by Gasteiger charge is -2.14. The van der Waals surface area contributed by atoms with Crippen LogP contribution >= 0.6 is 11.6 Å². The van der Waals surface area contributed by atoms with Gasteiger partial charge in [0.05, 0.1) is 30.6 Å². The molecule has 0 bridgehead atoms. The van der Waals surface area contributed by atoms with Crippen LogP contribution < -0.4 is 14.8 Å². The molecule has 0 aliphatic rings. The maximum Gasteiger partial charge on any atom is 0.145 e. The number of rotatable bonds is 5. The van der Waals surface area contributed by atoms with Crippen molar-refractivity contribution in [2.24, 2.45) is 7.05 Å². The zero-order chi connectivity index (χ0) is 15.6. The Bertz CT molecular complexity index is 653. The van der Waals surface area contributed by atoms with Crippen LogP contribution in [0.15, 0.2) is 12.1 Å². The highest BCUT2D eigenvalue weighted by Crippen LogP contribution is 2.36. The molecule has 2 aromatic rings. The normalized spacial score (nSPS) is 10.6.